The third-order valence-electron chi connectivity index (χ3n) is 2.60. The number of nitrogens with two attached hydrogens (primary N) is 1. The molecule has 0 atom stereocenters. The molecule has 0 saturated heterocycles. The van der Waals surface area contributed by atoms with Crippen LogP contribution < -0.4 is 11.1 Å². The molecule has 0 aliphatic heterocycles. The lowest BCUT2D eigenvalue weighted by atomic mass is 9.92. The van der Waals surface area contributed by atoms with Gasteiger partial charge >= 0.3 is 5.97 Å². The highest BCUT2D eigenvalue weighted by atomic mass is 32.2. The number of rotatable bonds is 5. The van der Waals surface area contributed by atoms with Gasteiger partial charge in [-0.3, -0.25) is 9.59 Å². The first kappa shape index (κ1) is 13.3. The molecule has 4 N–H and O–H groups in total. The van der Waals surface area contributed by atoms with Gasteiger partial charge in [-0.15, -0.1) is 11.8 Å². The standard InChI is InChI=1S/C10H18N2O3S/c11-7-1-3-8(4-2-7)12-9(13)5-16-6-10(14)15/h7-8H,1-6,11H2,(H,12,13)(H,14,15). The van der Waals surface area contributed by atoms with Crippen molar-refractivity contribution in [1.82, 2.24) is 5.32 Å². The number of hydrogen-bond donors (Lipinski definition) is 3. The third-order valence-corrected chi connectivity index (χ3v) is 3.51. The Hall–Kier alpha value is -0.750. The summed E-state index contributed by atoms with van der Waals surface area (Å²) < 4.78 is 0. The summed E-state index contributed by atoms with van der Waals surface area (Å²) in [6.45, 7) is 0. The normalized spacial score (nSPS) is 25.1. The summed E-state index contributed by atoms with van der Waals surface area (Å²) in [5.74, 6) is -0.772. The van der Waals surface area contributed by atoms with Gasteiger partial charge in [0.05, 0.1) is 11.5 Å². The number of carbonyl (C=O) groups is 2. The first-order valence-electron chi connectivity index (χ1n) is 5.42. The van der Waals surface area contributed by atoms with Gasteiger partial charge in [0.25, 0.3) is 0 Å². The first-order valence-corrected chi connectivity index (χ1v) is 6.58. The number of amides is 1. The predicted octanol–water partition coefficient (Wildman–Crippen LogP) is 0.190. The summed E-state index contributed by atoms with van der Waals surface area (Å²) in [5.41, 5.74) is 5.76. The smallest absolute Gasteiger partial charge is 0.313 e. The number of carboxylic acid groups (broad SMARTS) is 1. The first-order chi connectivity index (χ1) is 7.58. The van der Waals surface area contributed by atoms with Gasteiger partial charge in [-0.05, 0) is 25.7 Å². The molecule has 0 aromatic rings. The highest BCUT2D eigenvalue weighted by Crippen LogP contribution is 2.16. The van der Waals surface area contributed by atoms with Gasteiger partial charge in [-0.2, -0.15) is 0 Å². The molecule has 1 aliphatic carbocycles. The molecule has 0 aromatic carbocycles. The van der Waals surface area contributed by atoms with Gasteiger partial charge < -0.3 is 16.2 Å². The van der Waals surface area contributed by atoms with Crippen molar-refractivity contribution in [2.75, 3.05) is 11.5 Å². The van der Waals surface area contributed by atoms with Crippen LogP contribution in [0, 0.1) is 0 Å². The molecule has 0 bridgehead atoms. The predicted molar refractivity (Wildman–Crippen MR) is 63.3 cm³/mol. The Labute approximate surface area is 99.1 Å². The number of thioether (sulfide) groups is 1. The van der Waals surface area contributed by atoms with Gasteiger partial charge in [0.15, 0.2) is 0 Å². The van der Waals surface area contributed by atoms with Crippen LogP contribution in [0.4, 0.5) is 0 Å². The molecule has 1 amide bonds. The molecule has 0 aromatic heterocycles. The number of hydrogen-bond acceptors (Lipinski definition) is 4. The van der Waals surface area contributed by atoms with Crippen LogP contribution in [-0.4, -0.2) is 40.6 Å². The van der Waals surface area contributed by atoms with Crippen LogP contribution in [0.1, 0.15) is 25.7 Å². The van der Waals surface area contributed by atoms with Crippen LogP contribution >= 0.6 is 11.8 Å². The Balaban J connectivity index is 2.11. The number of carbonyl (C=O) groups excluding carboxylic acids is 1. The molecule has 0 heterocycles. The molecular formula is C10H18N2O3S. The highest BCUT2D eigenvalue weighted by molar-refractivity contribution is 8.00. The van der Waals surface area contributed by atoms with Crippen LogP contribution in [0.5, 0.6) is 0 Å². The monoisotopic (exact) mass is 246 g/mol. The van der Waals surface area contributed by atoms with E-state index in [1.165, 1.54) is 0 Å². The van der Waals surface area contributed by atoms with E-state index in [0.29, 0.717) is 0 Å². The summed E-state index contributed by atoms with van der Waals surface area (Å²) in [6, 6.07) is 0.493. The van der Waals surface area contributed by atoms with E-state index in [4.69, 9.17) is 10.8 Å². The zero-order valence-electron chi connectivity index (χ0n) is 9.15. The second-order valence-corrected chi connectivity index (χ2v) is 5.05. The SMILES string of the molecule is NC1CCC(NC(=O)CSCC(=O)O)CC1. The van der Waals surface area contributed by atoms with E-state index in [1.54, 1.807) is 0 Å². The molecule has 1 fully saturated rings. The van der Waals surface area contributed by atoms with E-state index in [0.717, 1.165) is 37.4 Å². The largest absolute Gasteiger partial charge is 0.481 e. The molecule has 6 heteroatoms. The average Bonchev–Trinajstić information content (AvgIpc) is 2.21. The molecule has 1 rings (SSSR count). The number of aliphatic carboxylic acids is 1. The Morgan fingerprint density at radius 2 is 1.88 bits per heavy atom. The van der Waals surface area contributed by atoms with Crippen molar-refractivity contribution in [2.45, 2.75) is 37.8 Å². The summed E-state index contributed by atoms with van der Waals surface area (Å²) in [4.78, 5) is 21.7. The molecule has 16 heavy (non-hydrogen) atoms. The van der Waals surface area contributed by atoms with Gasteiger partial charge in [0, 0.05) is 12.1 Å². The lowest BCUT2D eigenvalue weighted by Crippen LogP contribution is -2.41. The average molecular weight is 246 g/mol. The van der Waals surface area contributed by atoms with Crippen molar-refractivity contribution in [1.29, 1.82) is 0 Å². The van der Waals surface area contributed by atoms with Crippen molar-refractivity contribution in [3.8, 4) is 0 Å². The maximum Gasteiger partial charge on any atom is 0.313 e. The minimum Gasteiger partial charge on any atom is -0.481 e. The topological polar surface area (TPSA) is 92.4 Å². The molecule has 0 radical (unpaired) electrons. The van der Waals surface area contributed by atoms with Gasteiger partial charge in [-0.25, -0.2) is 0 Å². The molecule has 92 valence electrons. The molecule has 0 spiro atoms. The van der Waals surface area contributed by atoms with Crippen LogP contribution in [0.2, 0.25) is 0 Å². The van der Waals surface area contributed by atoms with Crippen molar-refractivity contribution >= 4 is 23.6 Å². The van der Waals surface area contributed by atoms with Gasteiger partial charge in [0.1, 0.15) is 0 Å². The maximum absolute atomic E-state index is 11.4. The maximum atomic E-state index is 11.4. The van der Waals surface area contributed by atoms with E-state index >= 15 is 0 Å². The van der Waals surface area contributed by atoms with E-state index in [2.05, 4.69) is 5.32 Å². The summed E-state index contributed by atoms with van der Waals surface area (Å²) in [6.07, 6.45) is 3.76. The van der Waals surface area contributed by atoms with Crippen LogP contribution in [-0.2, 0) is 9.59 Å². The van der Waals surface area contributed by atoms with Crippen LogP contribution in [0.15, 0.2) is 0 Å². The Kier molecular flexibility index (Phi) is 5.62. The van der Waals surface area contributed by atoms with E-state index < -0.39 is 5.97 Å². The summed E-state index contributed by atoms with van der Waals surface area (Å²) >= 11 is 1.12. The fraction of sp³-hybridized carbons (Fsp3) is 0.800. The Morgan fingerprint density at radius 1 is 1.25 bits per heavy atom. The second kappa shape index (κ2) is 6.75. The minimum atomic E-state index is -0.888. The fourth-order valence-corrected chi connectivity index (χ4v) is 2.31. The minimum absolute atomic E-state index is 0.0248. The molecule has 5 nitrogen and oxygen atoms in total. The molecule has 1 saturated carbocycles. The lowest BCUT2D eigenvalue weighted by Gasteiger charge is -2.26. The number of carboxylic acids is 1. The van der Waals surface area contributed by atoms with Crippen LogP contribution in [0.3, 0.4) is 0 Å². The second-order valence-electron chi connectivity index (χ2n) is 4.07. The molecule has 1 aliphatic rings. The quantitative estimate of drug-likeness (QED) is 0.644. The molecular weight excluding hydrogens is 228 g/mol. The Morgan fingerprint density at radius 3 is 2.44 bits per heavy atom. The van der Waals surface area contributed by atoms with Crippen LogP contribution in [0.25, 0.3) is 0 Å². The highest BCUT2D eigenvalue weighted by Gasteiger charge is 2.19. The zero-order chi connectivity index (χ0) is 12.0. The lowest BCUT2D eigenvalue weighted by molar-refractivity contribution is -0.133. The van der Waals surface area contributed by atoms with Crippen molar-refractivity contribution in [2.24, 2.45) is 5.73 Å². The van der Waals surface area contributed by atoms with E-state index in [1.807, 2.05) is 0 Å². The third kappa shape index (κ3) is 5.37. The summed E-state index contributed by atoms with van der Waals surface area (Å²) in [5, 5.41) is 11.3. The zero-order valence-corrected chi connectivity index (χ0v) is 9.96. The van der Waals surface area contributed by atoms with Crippen molar-refractivity contribution < 1.29 is 14.7 Å². The Bertz CT molecular complexity index is 252. The van der Waals surface area contributed by atoms with Gasteiger partial charge in [0.2, 0.25) is 5.91 Å². The van der Waals surface area contributed by atoms with E-state index in [-0.39, 0.29) is 29.5 Å². The number of nitrogens with one attached hydrogen (secondary N) is 1. The molecule has 0 unspecified atom stereocenters. The van der Waals surface area contributed by atoms with Crippen molar-refractivity contribution in [3.05, 3.63) is 0 Å². The van der Waals surface area contributed by atoms with Crippen molar-refractivity contribution in [3.63, 3.8) is 0 Å². The summed E-state index contributed by atoms with van der Waals surface area (Å²) in [7, 11) is 0. The van der Waals surface area contributed by atoms with E-state index in [9.17, 15) is 9.59 Å². The van der Waals surface area contributed by atoms with Gasteiger partial charge in [-0.1, -0.05) is 0 Å². The fourth-order valence-electron chi connectivity index (χ4n) is 1.76.